The van der Waals surface area contributed by atoms with Gasteiger partial charge in [0, 0.05) is 11.7 Å². The van der Waals surface area contributed by atoms with Crippen LogP contribution in [0.5, 0.6) is 0 Å². The number of allylic oxidation sites excluding steroid dienone is 1. The summed E-state index contributed by atoms with van der Waals surface area (Å²) < 4.78 is 10.7. The van der Waals surface area contributed by atoms with Crippen LogP contribution in [0.25, 0.3) is 0 Å². The lowest BCUT2D eigenvalue weighted by Gasteiger charge is -2.36. The Bertz CT molecular complexity index is 566. The first-order chi connectivity index (χ1) is 11.1. The fourth-order valence-corrected chi connectivity index (χ4v) is 2.46. The maximum atomic E-state index is 11.7. The molecule has 2 rings (SSSR count). The van der Waals surface area contributed by atoms with Crippen molar-refractivity contribution in [3.63, 3.8) is 0 Å². The molecule has 1 aromatic rings. The van der Waals surface area contributed by atoms with Crippen molar-refractivity contribution in [2.75, 3.05) is 6.61 Å². The number of esters is 1. The maximum absolute atomic E-state index is 11.7. The Labute approximate surface area is 136 Å². The van der Waals surface area contributed by atoms with E-state index >= 15 is 0 Å². The number of benzene rings is 1. The van der Waals surface area contributed by atoms with Crippen LogP contribution < -0.4 is 5.32 Å². The predicted molar refractivity (Wildman–Crippen MR) is 85.7 cm³/mol. The van der Waals surface area contributed by atoms with Crippen molar-refractivity contribution in [2.24, 2.45) is 5.11 Å². The van der Waals surface area contributed by atoms with Gasteiger partial charge in [0.1, 0.15) is 0 Å². The Morgan fingerprint density at radius 1 is 1.35 bits per heavy atom. The van der Waals surface area contributed by atoms with Crippen LogP contribution in [-0.2, 0) is 20.9 Å². The van der Waals surface area contributed by atoms with Crippen molar-refractivity contribution >= 4 is 5.97 Å². The molecule has 0 radical (unpaired) electrons. The van der Waals surface area contributed by atoms with Crippen LogP contribution in [0.3, 0.4) is 0 Å². The van der Waals surface area contributed by atoms with Crippen LogP contribution in [0.4, 0.5) is 0 Å². The van der Waals surface area contributed by atoms with Crippen molar-refractivity contribution in [2.45, 2.75) is 45.4 Å². The van der Waals surface area contributed by atoms with Crippen molar-refractivity contribution in [3.8, 4) is 0 Å². The number of nitrogens with one attached hydrogen (secondary N) is 2. The zero-order chi connectivity index (χ0) is 16.7. The van der Waals surface area contributed by atoms with E-state index in [1.165, 1.54) is 0 Å². The average Bonchev–Trinajstić information content (AvgIpc) is 2.51. The highest BCUT2D eigenvalue weighted by Crippen LogP contribution is 2.25. The van der Waals surface area contributed by atoms with Crippen LogP contribution in [0.1, 0.15) is 32.3 Å². The molecule has 1 aliphatic rings. The molecule has 1 aromatic carbocycles. The largest absolute Gasteiger partial charge is 0.461 e. The third-order valence-electron chi connectivity index (χ3n) is 3.78. The average molecular weight is 317 g/mol. The highest BCUT2D eigenvalue weighted by molar-refractivity contribution is 5.88. The van der Waals surface area contributed by atoms with Gasteiger partial charge in [-0.2, -0.15) is 0 Å². The van der Waals surface area contributed by atoms with Gasteiger partial charge in [0.2, 0.25) is 0 Å². The van der Waals surface area contributed by atoms with E-state index in [-0.39, 0.29) is 24.4 Å². The second-order valence-electron chi connectivity index (χ2n) is 5.54. The van der Waals surface area contributed by atoms with Gasteiger partial charge in [0.05, 0.1) is 19.3 Å². The van der Waals surface area contributed by atoms with Gasteiger partial charge in [-0.25, -0.2) is 10.3 Å². The first-order valence-corrected chi connectivity index (χ1v) is 7.81. The zero-order valence-corrected chi connectivity index (χ0v) is 13.5. The van der Waals surface area contributed by atoms with E-state index in [4.69, 9.17) is 15.0 Å². The number of hydrogen-bond donors (Lipinski definition) is 2. The van der Waals surface area contributed by atoms with E-state index < -0.39 is 5.97 Å². The second kappa shape index (κ2) is 8.43. The molecule has 0 atom stereocenters. The lowest BCUT2D eigenvalue weighted by atomic mass is 9.89. The molecule has 0 heterocycles. The molecular weight excluding hydrogens is 294 g/mol. The number of nitrogens with zero attached hydrogens (tertiary/aromatic N) is 1. The summed E-state index contributed by atoms with van der Waals surface area (Å²) in [6, 6.07) is 10.3. The van der Waals surface area contributed by atoms with Gasteiger partial charge in [0.15, 0.2) is 5.70 Å². The summed E-state index contributed by atoms with van der Waals surface area (Å²) in [7, 11) is 0. The van der Waals surface area contributed by atoms with Crippen LogP contribution in [0.2, 0.25) is 0 Å². The first-order valence-electron chi connectivity index (χ1n) is 7.81. The summed E-state index contributed by atoms with van der Waals surface area (Å²) in [6.45, 7) is 4.35. The molecular formula is C17H23N3O3. The Kier molecular flexibility index (Phi) is 6.29. The third kappa shape index (κ3) is 4.89. The van der Waals surface area contributed by atoms with Crippen LogP contribution in [0.15, 0.2) is 46.8 Å². The summed E-state index contributed by atoms with van der Waals surface area (Å²) >= 11 is 0. The van der Waals surface area contributed by atoms with E-state index in [0.717, 1.165) is 18.4 Å². The second-order valence-corrected chi connectivity index (χ2v) is 5.54. The van der Waals surface area contributed by atoms with E-state index in [1.54, 1.807) is 13.8 Å². The standard InChI is InChI=1S/C17H23N3O3/c1-3-22-17(21)16(20-18)12(2)19-14-9-15(10-14)23-11-13-7-5-4-6-8-13/h4-8,14-15,18-19H,3,9-11H2,1-2H3/b16-12-,20-18?. The molecule has 1 saturated carbocycles. The minimum Gasteiger partial charge on any atom is -0.461 e. The SMILES string of the molecule is CCOC(=O)/C(N=N)=C(\C)NC1CC(OCc2ccccc2)C1. The summed E-state index contributed by atoms with van der Waals surface area (Å²) in [6.07, 6.45) is 1.97. The lowest BCUT2D eigenvalue weighted by Crippen LogP contribution is -2.45. The van der Waals surface area contributed by atoms with Crippen molar-refractivity contribution in [1.82, 2.24) is 5.32 Å². The summed E-state index contributed by atoms with van der Waals surface area (Å²) in [4.78, 5) is 11.7. The van der Waals surface area contributed by atoms with Gasteiger partial charge in [0.25, 0.3) is 0 Å². The minimum absolute atomic E-state index is 0.0282. The number of carbonyl (C=O) groups is 1. The number of carbonyl (C=O) groups excluding carboxylic acids is 1. The normalized spacial score (nSPS) is 21.0. The monoisotopic (exact) mass is 317 g/mol. The number of hydrogen-bond acceptors (Lipinski definition) is 6. The maximum Gasteiger partial charge on any atom is 0.360 e. The first kappa shape index (κ1) is 17.1. The zero-order valence-electron chi connectivity index (χ0n) is 13.5. The third-order valence-corrected chi connectivity index (χ3v) is 3.78. The molecule has 0 bridgehead atoms. The Morgan fingerprint density at radius 3 is 2.65 bits per heavy atom. The minimum atomic E-state index is -0.566. The van der Waals surface area contributed by atoms with Gasteiger partial charge in [-0.3, -0.25) is 0 Å². The fourth-order valence-electron chi connectivity index (χ4n) is 2.46. The fraction of sp³-hybridized carbons (Fsp3) is 0.471. The molecule has 0 unspecified atom stereocenters. The van der Waals surface area contributed by atoms with Crippen LogP contribution in [-0.4, -0.2) is 24.7 Å². The molecule has 23 heavy (non-hydrogen) atoms. The van der Waals surface area contributed by atoms with Gasteiger partial charge in [-0.05, 0) is 32.3 Å². The van der Waals surface area contributed by atoms with Crippen molar-refractivity contribution < 1.29 is 14.3 Å². The molecule has 6 heteroatoms. The van der Waals surface area contributed by atoms with Crippen molar-refractivity contribution in [1.29, 1.82) is 5.53 Å². The van der Waals surface area contributed by atoms with Gasteiger partial charge in [-0.15, -0.1) is 5.11 Å². The lowest BCUT2D eigenvalue weighted by molar-refractivity contribution is -0.138. The highest BCUT2D eigenvalue weighted by Gasteiger charge is 2.30. The molecule has 0 amide bonds. The smallest absolute Gasteiger partial charge is 0.360 e. The van der Waals surface area contributed by atoms with E-state index in [9.17, 15) is 4.79 Å². The van der Waals surface area contributed by atoms with Crippen molar-refractivity contribution in [3.05, 3.63) is 47.3 Å². The van der Waals surface area contributed by atoms with Crippen LogP contribution in [0, 0.1) is 5.53 Å². The van der Waals surface area contributed by atoms with Gasteiger partial charge < -0.3 is 14.8 Å². The van der Waals surface area contributed by atoms with E-state index in [0.29, 0.717) is 12.3 Å². The summed E-state index contributed by atoms with van der Waals surface area (Å²) in [5, 5.41) is 6.49. The molecule has 6 nitrogen and oxygen atoms in total. The van der Waals surface area contributed by atoms with E-state index in [1.807, 2.05) is 30.3 Å². The highest BCUT2D eigenvalue weighted by atomic mass is 16.5. The molecule has 2 N–H and O–H groups in total. The van der Waals surface area contributed by atoms with E-state index in [2.05, 4.69) is 10.4 Å². The number of rotatable bonds is 8. The topological polar surface area (TPSA) is 83.8 Å². The Morgan fingerprint density at radius 2 is 2.04 bits per heavy atom. The number of ether oxygens (including phenoxy) is 2. The molecule has 0 aromatic heterocycles. The molecule has 124 valence electrons. The Hall–Kier alpha value is -2.21. The summed E-state index contributed by atoms with van der Waals surface area (Å²) in [5.74, 6) is -0.566. The molecule has 1 fully saturated rings. The van der Waals surface area contributed by atoms with Gasteiger partial charge in [-0.1, -0.05) is 30.3 Å². The quantitative estimate of drug-likeness (QED) is 0.438. The molecule has 0 saturated heterocycles. The predicted octanol–water partition coefficient (Wildman–Crippen LogP) is 3.15. The summed E-state index contributed by atoms with van der Waals surface area (Å²) in [5.41, 5.74) is 8.89. The molecule has 0 spiro atoms. The Balaban J connectivity index is 1.76. The van der Waals surface area contributed by atoms with Gasteiger partial charge >= 0.3 is 5.97 Å². The molecule has 0 aliphatic heterocycles. The van der Waals surface area contributed by atoms with Crippen LogP contribution >= 0.6 is 0 Å². The molecule has 1 aliphatic carbocycles.